The van der Waals surface area contributed by atoms with Gasteiger partial charge in [-0.2, -0.15) is 0 Å². The number of ether oxygens (including phenoxy) is 2. The summed E-state index contributed by atoms with van der Waals surface area (Å²) in [6.45, 7) is 0. The minimum Gasteiger partial charge on any atom is -0.497 e. The van der Waals surface area contributed by atoms with Crippen molar-refractivity contribution in [2.24, 2.45) is 0 Å². The minimum absolute atomic E-state index is 0.280. The second-order valence-electron chi connectivity index (χ2n) is 6.44. The van der Waals surface area contributed by atoms with E-state index < -0.39 is 17.8 Å². The molecule has 3 aromatic rings. The summed E-state index contributed by atoms with van der Waals surface area (Å²) in [7, 11) is 1.54. The summed E-state index contributed by atoms with van der Waals surface area (Å²) in [6, 6.07) is 19.5. The predicted octanol–water partition coefficient (Wildman–Crippen LogP) is 4.04. The largest absolute Gasteiger partial charge is 0.497 e. The van der Waals surface area contributed by atoms with Gasteiger partial charge < -0.3 is 9.47 Å². The third-order valence-electron chi connectivity index (χ3n) is 4.27. The second-order valence-corrected chi connectivity index (χ2v) is 6.88. The van der Waals surface area contributed by atoms with Crippen LogP contribution in [0.4, 0.5) is 0 Å². The van der Waals surface area contributed by atoms with Crippen LogP contribution < -0.4 is 20.3 Å². The molecule has 0 aliphatic heterocycles. The van der Waals surface area contributed by atoms with Gasteiger partial charge in [0, 0.05) is 22.2 Å². The Labute approximate surface area is 189 Å². The van der Waals surface area contributed by atoms with Crippen molar-refractivity contribution in [2.45, 2.75) is 0 Å². The monoisotopic (exact) mass is 450 g/mol. The molecule has 0 aromatic heterocycles. The molecule has 0 saturated carbocycles. The van der Waals surface area contributed by atoms with E-state index >= 15 is 0 Å². The lowest BCUT2D eigenvalue weighted by atomic mass is 10.1. The first-order valence-electron chi connectivity index (χ1n) is 9.45. The van der Waals surface area contributed by atoms with Crippen LogP contribution in [0, 0.1) is 0 Å². The third kappa shape index (κ3) is 6.20. The van der Waals surface area contributed by atoms with Gasteiger partial charge in [0.25, 0.3) is 11.8 Å². The fraction of sp³-hybridized carbons (Fsp3) is 0.0417. The van der Waals surface area contributed by atoms with Crippen molar-refractivity contribution in [3.05, 3.63) is 101 Å². The molecule has 3 rings (SSSR count). The van der Waals surface area contributed by atoms with Gasteiger partial charge in [-0.1, -0.05) is 29.8 Å². The van der Waals surface area contributed by atoms with Gasteiger partial charge in [0.05, 0.1) is 12.7 Å². The van der Waals surface area contributed by atoms with Crippen LogP contribution in [-0.2, 0) is 4.79 Å². The number of hydrogen-bond donors (Lipinski definition) is 2. The molecule has 32 heavy (non-hydrogen) atoms. The van der Waals surface area contributed by atoms with Crippen molar-refractivity contribution in [1.82, 2.24) is 10.9 Å². The molecule has 3 aromatic carbocycles. The van der Waals surface area contributed by atoms with E-state index in [0.29, 0.717) is 27.5 Å². The summed E-state index contributed by atoms with van der Waals surface area (Å²) >= 11 is 5.79. The SMILES string of the molecule is COc1ccc(C(=O)Oc2ccccc2/C=C/C(=O)NNC(=O)c2ccc(Cl)cc2)cc1. The van der Waals surface area contributed by atoms with E-state index in [0.717, 1.165) is 0 Å². The lowest BCUT2D eigenvalue weighted by molar-refractivity contribution is -0.117. The van der Waals surface area contributed by atoms with Crippen molar-refractivity contribution in [3.8, 4) is 11.5 Å². The molecular formula is C24H19ClN2O5. The highest BCUT2D eigenvalue weighted by Gasteiger charge is 2.11. The Kier molecular flexibility index (Phi) is 7.61. The van der Waals surface area contributed by atoms with Crippen molar-refractivity contribution in [3.63, 3.8) is 0 Å². The van der Waals surface area contributed by atoms with Gasteiger partial charge in [-0.05, 0) is 60.7 Å². The first-order valence-corrected chi connectivity index (χ1v) is 9.83. The van der Waals surface area contributed by atoms with Crippen molar-refractivity contribution >= 4 is 35.5 Å². The number of nitrogens with one attached hydrogen (secondary N) is 2. The number of carbonyl (C=O) groups is 3. The summed E-state index contributed by atoms with van der Waals surface area (Å²) in [5.41, 5.74) is 5.79. The van der Waals surface area contributed by atoms with E-state index in [-0.39, 0.29) is 5.75 Å². The molecule has 0 saturated heterocycles. The number of amides is 2. The maximum Gasteiger partial charge on any atom is 0.343 e. The predicted molar refractivity (Wildman–Crippen MR) is 120 cm³/mol. The second kappa shape index (κ2) is 10.8. The standard InChI is InChI=1S/C24H19ClN2O5/c1-31-20-13-8-18(9-14-20)24(30)32-21-5-3-2-4-16(21)10-15-22(28)26-27-23(29)17-6-11-19(25)12-7-17/h2-15H,1H3,(H,26,28)(H,27,29)/b15-10+. The van der Waals surface area contributed by atoms with E-state index in [1.165, 1.54) is 31.4 Å². The lowest BCUT2D eigenvalue weighted by Gasteiger charge is -2.08. The van der Waals surface area contributed by atoms with Crippen molar-refractivity contribution in [2.75, 3.05) is 7.11 Å². The molecule has 0 radical (unpaired) electrons. The quantitative estimate of drug-likeness (QED) is 0.256. The van der Waals surface area contributed by atoms with Crippen LogP contribution >= 0.6 is 11.6 Å². The zero-order valence-electron chi connectivity index (χ0n) is 17.0. The van der Waals surface area contributed by atoms with Crippen molar-refractivity contribution in [1.29, 1.82) is 0 Å². The van der Waals surface area contributed by atoms with Crippen LogP contribution in [0.3, 0.4) is 0 Å². The van der Waals surface area contributed by atoms with Gasteiger partial charge in [0.1, 0.15) is 11.5 Å². The van der Waals surface area contributed by atoms with Gasteiger partial charge in [-0.3, -0.25) is 20.4 Å². The number of hydrogen-bond acceptors (Lipinski definition) is 5. The van der Waals surface area contributed by atoms with Gasteiger partial charge in [0.15, 0.2) is 0 Å². The molecule has 2 N–H and O–H groups in total. The molecule has 162 valence electrons. The zero-order valence-corrected chi connectivity index (χ0v) is 17.8. The number of benzene rings is 3. The van der Waals surface area contributed by atoms with E-state index in [9.17, 15) is 14.4 Å². The Morgan fingerprint density at radius 3 is 2.19 bits per heavy atom. The fourth-order valence-electron chi connectivity index (χ4n) is 2.60. The van der Waals surface area contributed by atoms with Crippen LogP contribution in [0.15, 0.2) is 78.9 Å². The van der Waals surface area contributed by atoms with Crippen LogP contribution in [-0.4, -0.2) is 24.9 Å². The summed E-state index contributed by atoms with van der Waals surface area (Å²) in [6.07, 6.45) is 2.68. The Balaban J connectivity index is 1.60. The Hall–Kier alpha value is -4.10. The molecule has 0 aliphatic carbocycles. The number of halogens is 1. The van der Waals surface area contributed by atoms with Gasteiger partial charge in [-0.25, -0.2) is 4.79 Å². The summed E-state index contributed by atoms with van der Waals surface area (Å²) < 4.78 is 10.5. The Morgan fingerprint density at radius 1 is 0.844 bits per heavy atom. The maximum absolute atomic E-state index is 12.4. The third-order valence-corrected chi connectivity index (χ3v) is 4.52. The molecule has 0 aliphatic rings. The molecule has 0 heterocycles. The summed E-state index contributed by atoms with van der Waals surface area (Å²) in [4.78, 5) is 36.5. The van der Waals surface area contributed by atoms with Gasteiger partial charge in [0.2, 0.25) is 0 Å². The fourth-order valence-corrected chi connectivity index (χ4v) is 2.72. The van der Waals surface area contributed by atoms with Crippen LogP contribution in [0.5, 0.6) is 11.5 Å². The number of esters is 1. The van der Waals surface area contributed by atoms with Gasteiger partial charge in [-0.15, -0.1) is 0 Å². The number of para-hydroxylation sites is 1. The molecule has 7 nitrogen and oxygen atoms in total. The van der Waals surface area contributed by atoms with Gasteiger partial charge >= 0.3 is 5.97 Å². The number of rotatable bonds is 6. The first-order chi connectivity index (χ1) is 15.5. The number of methoxy groups -OCH3 is 1. The lowest BCUT2D eigenvalue weighted by Crippen LogP contribution is -2.40. The molecule has 0 fully saturated rings. The highest BCUT2D eigenvalue weighted by molar-refractivity contribution is 6.30. The van der Waals surface area contributed by atoms with Crippen LogP contribution in [0.25, 0.3) is 6.08 Å². The normalized spacial score (nSPS) is 10.4. The minimum atomic E-state index is -0.566. The average Bonchev–Trinajstić information content (AvgIpc) is 2.82. The van der Waals surface area contributed by atoms with E-state index in [2.05, 4.69) is 10.9 Å². The number of hydrazine groups is 1. The zero-order chi connectivity index (χ0) is 22.9. The molecule has 8 heteroatoms. The summed E-state index contributed by atoms with van der Waals surface area (Å²) in [5, 5.41) is 0.500. The molecule has 0 unspecified atom stereocenters. The Morgan fingerprint density at radius 2 is 1.50 bits per heavy atom. The Bertz CT molecular complexity index is 1140. The maximum atomic E-state index is 12.4. The summed E-state index contributed by atoms with van der Waals surface area (Å²) in [5.74, 6) is -0.698. The van der Waals surface area contributed by atoms with E-state index in [1.54, 1.807) is 60.7 Å². The molecule has 0 spiro atoms. The highest BCUT2D eigenvalue weighted by atomic mass is 35.5. The smallest absolute Gasteiger partial charge is 0.343 e. The molecular weight excluding hydrogens is 432 g/mol. The van der Waals surface area contributed by atoms with Crippen molar-refractivity contribution < 1.29 is 23.9 Å². The topological polar surface area (TPSA) is 93.7 Å². The molecule has 2 amide bonds. The van der Waals surface area contributed by atoms with Crippen LogP contribution in [0.2, 0.25) is 5.02 Å². The van der Waals surface area contributed by atoms with E-state index in [4.69, 9.17) is 21.1 Å². The molecule has 0 atom stereocenters. The molecule has 0 bridgehead atoms. The average molecular weight is 451 g/mol. The highest BCUT2D eigenvalue weighted by Crippen LogP contribution is 2.21. The first kappa shape index (κ1) is 22.6. The van der Waals surface area contributed by atoms with Crippen LogP contribution in [0.1, 0.15) is 26.3 Å². The number of carbonyl (C=O) groups excluding carboxylic acids is 3. The van der Waals surface area contributed by atoms with E-state index in [1.807, 2.05) is 0 Å².